The molecule has 100 valence electrons. The second kappa shape index (κ2) is 13.1. The molecule has 0 bridgehead atoms. The van der Waals surface area contributed by atoms with E-state index in [4.69, 9.17) is 4.74 Å². The Balaban J connectivity index is 3.16. The highest BCUT2D eigenvalue weighted by atomic mass is 127. The number of allylic oxidation sites excluding steroid dienone is 1. The topological polar surface area (TPSA) is 26.3 Å². The van der Waals surface area contributed by atoms with Crippen LogP contribution in [0.4, 0.5) is 0 Å². The minimum atomic E-state index is -0.0470. The standard InChI is InChI=1S/C13H22I2O2/c1-2-17-13(16)10-8-6-4-3-5-7-9-12(15)11-14/h11H,2-10H2,1H3/b12-11-. The molecule has 0 heterocycles. The van der Waals surface area contributed by atoms with Gasteiger partial charge in [0.1, 0.15) is 0 Å². The van der Waals surface area contributed by atoms with Crippen molar-refractivity contribution in [3.63, 3.8) is 0 Å². The van der Waals surface area contributed by atoms with Crippen LogP contribution in [0.3, 0.4) is 0 Å². The van der Waals surface area contributed by atoms with Crippen molar-refractivity contribution in [1.29, 1.82) is 0 Å². The number of halogens is 2. The fraction of sp³-hybridized carbons (Fsp3) is 0.769. The lowest BCUT2D eigenvalue weighted by Crippen LogP contribution is -2.03. The summed E-state index contributed by atoms with van der Waals surface area (Å²) in [6.07, 6.45) is 9.04. The zero-order chi connectivity index (χ0) is 12.9. The van der Waals surface area contributed by atoms with Gasteiger partial charge in [-0.05, 0) is 56.4 Å². The normalized spacial score (nSPS) is 11.6. The average Bonchev–Trinajstić information content (AvgIpc) is 2.32. The highest BCUT2D eigenvalue weighted by Crippen LogP contribution is 2.18. The van der Waals surface area contributed by atoms with Crippen LogP contribution in [0.2, 0.25) is 0 Å². The number of unbranched alkanes of at least 4 members (excludes halogenated alkanes) is 5. The van der Waals surface area contributed by atoms with Gasteiger partial charge >= 0.3 is 5.97 Å². The molecule has 0 aromatic carbocycles. The molecule has 4 heteroatoms. The first-order valence-electron chi connectivity index (χ1n) is 6.31. The van der Waals surface area contributed by atoms with E-state index in [-0.39, 0.29) is 5.97 Å². The molecule has 0 aliphatic heterocycles. The van der Waals surface area contributed by atoms with E-state index < -0.39 is 0 Å². The van der Waals surface area contributed by atoms with Crippen LogP contribution in [-0.4, -0.2) is 12.6 Å². The molecular weight excluding hydrogens is 442 g/mol. The molecule has 0 aromatic heterocycles. The zero-order valence-electron chi connectivity index (χ0n) is 10.5. The summed E-state index contributed by atoms with van der Waals surface area (Å²) >= 11 is 4.69. The van der Waals surface area contributed by atoms with Crippen molar-refractivity contribution in [1.82, 2.24) is 0 Å². The summed E-state index contributed by atoms with van der Waals surface area (Å²) in [4.78, 5) is 11.1. The molecule has 0 aliphatic rings. The molecule has 0 spiro atoms. The van der Waals surface area contributed by atoms with Crippen molar-refractivity contribution < 1.29 is 9.53 Å². The average molecular weight is 464 g/mol. The molecule has 17 heavy (non-hydrogen) atoms. The third-order valence-electron chi connectivity index (χ3n) is 2.47. The Morgan fingerprint density at radius 2 is 1.59 bits per heavy atom. The lowest BCUT2D eigenvalue weighted by molar-refractivity contribution is -0.143. The molecule has 0 atom stereocenters. The van der Waals surface area contributed by atoms with E-state index in [9.17, 15) is 4.79 Å². The highest BCUT2D eigenvalue weighted by molar-refractivity contribution is 14.1. The van der Waals surface area contributed by atoms with Crippen molar-refractivity contribution in [3.05, 3.63) is 7.66 Å². The van der Waals surface area contributed by atoms with Gasteiger partial charge in [0.2, 0.25) is 0 Å². The summed E-state index contributed by atoms with van der Waals surface area (Å²) in [5.74, 6) is -0.0470. The Morgan fingerprint density at radius 3 is 2.12 bits per heavy atom. The number of carbonyl (C=O) groups is 1. The van der Waals surface area contributed by atoms with E-state index in [0.717, 1.165) is 12.8 Å². The summed E-state index contributed by atoms with van der Waals surface area (Å²) < 4.78 is 8.48. The number of hydrogen-bond acceptors (Lipinski definition) is 2. The van der Waals surface area contributed by atoms with E-state index >= 15 is 0 Å². The number of carbonyl (C=O) groups excluding carboxylic acids is 1. The van der Waals surface area contributed by atoms with Gasteiger partial charge in [0.25, 0.3) is 0 Å². The fourth-order valence-corrected chi connectivity index (χ4v) is 2.25. The zero-order valence-corrected chi connectivity index (χ0v) is 14.8. The van der Waals surface area contributed by atoms with Gasteiger partial charge in [0, 0.05) is 6.42 Å². The number of ether oxygens (including phenoxy) is 1. The molecule has 0 rings (SSSR count). The summed E-state index contributed by atoms with van der Waals surface area (Å²) in [5.41, 5.74) is 0. The predicted octanol–water partition coefficient (Wildman–Crippen LogP) is 5.38. The molecule has 0 unspecified atom stereocenters. The summed E-state index contributed by atoms with van der Waals surface area (Å²) in [7, 11) is 0. The van der Waals surface area contributed by atoms with E-state index in [1.54, 1.807) is 0 Å². The largest absolute Gasteiger partial charge is 0.466 e. The van der Waals surface area contributed by atoms with Crippen LogP contribution in [0.25, 0.3) is 0 Å². The molecule has 0 saturated carbocycles. The van der Waals surface area contributed by atoms with Crippen molar-refractivity contribution in [2.45, 2.75) is 58.3 Å². The minimum Gasteiger partial charge on any atom is -0.466 e. The number of hydrogen-bond donors (Lipinski definition) is 0. The Hall–Kier alpha value is 0.670. The fourth-order valence-electron chi connectivity index (χ4n) is 1.56. The van der Waals surface area contributed by atoms with Gasteiger partial charge in [0.15, 0.2) is 0 Å². The monoisotopic (exact) mass is 464 g/mol. The van der Waals surface area contributed by atoms with Gasteiger partial charge in [-0.3, -0.25) is 4.79 Å². The maximum absolute atomic E-state index is 11.1. The van der Waals surface area contributed by atoms with E-state index in [1.807, 2.05) is 6.92 Å². The molecule has 0 fully saturated rings. The molecule has 0 aliphatic carbocycles. The van der Waals surface area contributed by atoms with Crippen LogP contribution in [0.5, 0.6) is 0 Å². The first-order valence-corrected chi connectivity index (χ1v) is 8.63. The van der Waals surface area contributed by atoms with Crippen LogP contribution in [-0.2, 0) is 9.53 Å². The Morgan fingerprint density at radius 1 is 1.06 bits per heavy atom. The third kappa shape index (κ3) is 12.9. The summed E-state index contributed by atoms with van der Waals surface area (Å²) in [5, 5.41) is 0. The molecule has 0 radical (unpaired) electrons. The van der Waals surface area contributed by atoms with Crippen molar-refractivity contribution in [3.8, 4) is 0 Å². The summed E-state index contributed by atoms with van der Waals surface area (Å²) in [6.45, 7) is 2.35. The smallest absolute Gasteiger partial charge is 0.305 e. The van der Waals surface area contributed by atoms with E-state index in [2.05, 4.69) is 49.3 Å². The Kier molecular flexibility index (Phi) is 13.6. The Labute approximate surface area is 132 Å². The number of rotatable bonds is 10. The molecular formula is C13H22I2O2. The minimum absolute atomic E-state index is 0.0470. The third-order valence-corrected chi connectivity index (χ3v) is 5.26. The molecule has 0 saturated heterocycles. The van der Waals surface area contributed by atoms with Gasteiger partial charge < -0.3 is 4.74 Å². The van der Waals surface area contributed by atoms with Crippen LogP contribution < -0.4 is 0 Å². The number of esters is 1. The first kappa shape index (κ1) is 17.7. The van der Waals surface area contributed by atoms with Gasteiger partial charge in [-0.1, -0.05) is 48.3 Å². The lowest BCUT2D eigenvalue weighted by atomic mass is 10.1. The second-order valence-electron chi connectivity index (χ2n) is 3.98. The van der Waals surface area contributed by atoms with Crippen LogP contribution >= 0.6 is 45.2 Å². The van der Waals surface area contributed by atoms with Gasteiger partial charge in [-0.2, -0.15) is 0 Å². The van der Waals surface area contributed by atoms with Gasteiger partial charge in [-0.25, -0.2) is 0 Å². The second-order valence-corrected chi connectivity index (χ2v) is 5.99. The molecule has 2 nitrogen and oxygen atoms in total. The first-order chi connectivity index (χ1) is 8.20. The quantitative estimate of drug-likeness (QED) is 0.247. The molecule has 0 amide bonds. The van der Waals surface area contributed by atoms with E-state index in [1.165, 1.54) is 35.7 Å². The van der Waals surface area contributed by atoms with Crippen molar-refractivity contribution in [2.75, 3.05) is 6.61 Å². The van der Waals surface area contributed by atoms with Crippen LogP contribution in [0.1, 0.15) is 58.3 Å². The maximum Gasteiger partial charge on any atom is 0.305 e. The van der Waals surface area contributed by atoms with Crippen molar-refractivity contribution >= 4 is 51.2 Å². The van der Waals surface area contributed by atoms with E-state index in [0.29, 0.717) is 13.0 Å². The molecule has 0 N–H and O–H groups in total. The molecule has 0 aromatic rings. The van der Waals surface area contributed by atoms with Gasteiger partial charge in [0.05, 0.1) is 6.61 Å². The van der Waals surface area contributed by atoms with Crippen LogP contribution in [0.15, 0.2) is 7.66 Å². The lowest BCUT2D eigenvalue weighted by Gasteiger charge is -2.02. The predicted molar refractivity (Wildman–Crippen MR) is 89.7 cm³/mol. The van der Waals surface area contributed by atoms with Crippen LogP contribution in [0, 0.1) is 0 Å². The summed E-state index contributed by atoms with van der Waals surface area (Å²) in [6, 6.07) is 0. The van der Waals surface area contributed by atoms with Gasteiger partial charge in [-0.15, -0.1) is 0 Å². The Bertz CT molecular complexity index is 227. The van der Waals surface area contributed by atoms with Crippen molar-refractivity contribution in [2.24, 2.45) is 0 Å². The highest BCUT2D eigenvalue weighted by Gasteiger charge is 2.00. The SMILES string of the molecule is CCOC(=O)CCCCCCCC/C(I)=C/I. The maximum atomic E-state index is 11.1.